The van der Waals surface area contributed by atoms with Gasteiger partial charge in [-0.15, -0.1) is 0 Å². The van der Waals surface area contributed by atoms with Crippen LogP contribution in [0, 0.1) is 13.8 Å². The molecule has 0 fully saturated rings. The van der Waals surface area contributed by atoms with Gasteiger partial charge in [0.1, 0.15) is 12.4 Å². The molecular formula is C19H30N4O2. The van der Waals surface area contributed by atoms with Crippen molar-refractivity contribution in [1.29, 1.82) is 0 Å². The molecule has 2 N–H and O–H groups in total. The molecule has 0 aliphatic carbocycles. The van der Waals surface area contributed by atoms with E-state index in [9.17, 15) is 0 Å². The lowest BCUT2D eigenvalue weighted by atomic mass is 10.0. The summed E-state index contributed by atoms with van der Waals surface area (Å²) in [7, 11) is 5.76. The molecule has 6 nitrogen and oxygen atoms in total. The number of aryl methyl sites for hydroxylation is 2. The molecule has 6 heteroatoms. The molecule has 2 rings (SSSR count). The van der Waals surface area contributed by atoms with E-state index in [4.69, 9.17) is 9.47 Å². The molecule has 2 aromatic rings. The maximum atomic E-state index is 5.81. The zero-order valence-electron chi connectivity index (χ0n) is 16.0. The van der Waals surface area contributed by atoms with Crippen LogP contribution in [0.5, 0.6) is 5.75 Å². The van der Waals surface area contributed by atoms with Gasteiger partial charge in [0.05, 0.1) is 12.3 Å². The number of ether oxygens (including phenoxy) is 2. The maximum Gasteiger partial charge on any atom is 0.120 e. The van der Waals surface area contributed by atoms with Crippen LogP contribution in [-0.4, -0.2) is 62.6 Å². The molecule has 0 radical (unpaired) electrons. The van der Waals surface area contributed by atoms with E-state index in [1.807, 2.05) is 13.1 Å². The topological polar surface area (TPSA) is 62.4 Å². The second kappa shape index (κ2) is 9.56. The van der Waals surface area contributed by atoms with Crippen LogP contribution in [0.3, 0.4) is 0 Å². The minimum absolute atomic E-state index is 0.545. The van der Waals surface area contributed by atoms with Crippen molar-refractivity contribution in [2.24, 2.45) is 0 Å². The molecule has 0 unspecified atom stereocenters. The molecule has 0 aliphatic rings. The van der Waals surface area contributed by atoms with Gasteiger partial charge in [0.25, 0.3) is 0 Å². The molecule has 0 saturated heterocycles. The van der Waals surface area contributed by atoms with Crippen LogP contribution in [0.1, 0.15) is 17.0 Å². The molecule has 1 aromatic carbocycles. The van der Waals surface area contributed by atoms with Crippen LogP contribution in [0.15, 0.2) is 18.2 Å². The van der Waals surface area contributed by atoms with E-state index in [0.717, 1.165) is 47.9 Å². The molecule has 1 heterocycles. The highest BCUT2D eigenvalue weighted by Crippen LogP contribution is 2.30. The highest BCUT2D eigenvalue weighted by Gasteiger charge is 2.15. The van der Waals surface area contributed by atoms with Gasteiger partial charge in [-0.3, -0.25) is 10.00 Å². The van der Waals surface area contributed by atoms with Gasteiger partial charge in [-0.2, -0.15) is 5.10 Å². The van der Waals surface area contributed by atoms with Gasteiger partial charge in [0.15, 0.2) is 0 Å². The van der Waals surface area contributed by atoms with E-state index in [1.165, 1.54) is 5.56 Å². The summed E-state index contributed by atoms with van der Waals surface area (Å²) in [6.45, 7) is 8.00. The summed E-state index contributed by atoms with van der Waals surface area (Å²) in [5.74, 6) is 0.863. The first-order valence-corrected chi connectivity index (χ1v) is 8.66. The zero-order valence-corrected chi connectivity index (χ0v) is 16.0. The smallest absolute Gasteiger partial charge is 0.120 e. The Morgan fingerprint density at radius 2 is 2.00 bits per heavy atom. The fourth-order valence-electron chi connectivity index (χ4n) is 2.83. The molecular weight excluding hydrogens is 316 g/mol. The third kappa shape index (κ3) is 5.56. The Bertz CT molecular complexity index is 669. The number of rotatable bonds is 10. The van der Waals surface area contributed by atoms with Crippen LogP contribution in [0.4, 0.5) is 0 Å². The molecule has 0 atom stereocenters. The summed E-state index contributed by atoms with van der Waals surface area (Å²) in [5, 5.41) is 10.8. The molecule has 0 bridgehead atoms. The van der Waals surface area contributed by atoms with Crippen LogP contribution >= 0.6 is 0 Å². The quantitative estimate of drug-likeness (QED) is 0.647. The normalized spacial score (nSPS) is 11.3. The summed E-state index contributed by atoms with van der Waals surface area (Å²) >= 11 is 0. The first-order chi connectivity index (χ1) is 12.0. The lowest BCUT2D eigenvalue weighted by molar-refractivity contribution is 0.146. The summed E-state index contributed by atoms with van der Waals surface area (Å²) < 4.78 is 10.9. The minimum atomic E-state index is 0.545. The molecule has 1 aromatic heterocycles. The van der Waals surface area contributed by atoms with Crippen molar-refractivity contribution in [3.8, 4) is 16.9 Å². The predicted molar refractivity (Wildman–Crippen MR) is 101 cm³/mol. The average Bonchev–Trinajstić information content (AvgIpc) is 2.93. The van der Waals surface area contributed by atoms with Crippen molar-refractivity contribution < 1.29 is 9.47 Å². The lowest BCUT2D eigenvalue weighted by Gasteiger charge is -2.16. The standard InChI is InChI=1S/C19H30N4O2/c1-14-10-16(12-17(11-14)25-9-8-24-5)19-15(2)21-22-18(19)13-23(4)7-6-20-3/h10-12,20H,6-9,13H2,1-5H3,(H,21,22). The minimum Gasteiger partial charge on any atom is -0.491 e. The van der Waals surface area contributed by atoms with Gasteiger partial charge in [0.2, 0.25) is 0 Å². The first-order valence-electron chi connectivity index (χ1n) is 8.66. The predicted octanol–water partition coefficient (Wildman–Crippen LogP) is 2.37. The zero-order chi connectivity index (χ0) is 18.2. The number of hydrogen-bond acceptors (Lipinski definition) is 5. The van der Waals surface area contributed by atoms with Crippen LogP contribution in [-0.2, 0) is 11.3 Å². The molecule has 138 valence electrons. The van der Waals surface area contributed by atoms with E-state index >= 15 is 0 Å². The molecule has 25 heavy (non-hydrogen) atoms. The molecule has 0 amide bonds. The maximum absolute atomic E-state index is 5.81. The van der Waals surface area contributed by atoms with E-state index in [1.54, 1.807) is 7.11 Å². The lowest BCUT2D eigenvalue weighted by Crippen LogP contribution is -2.27. The van der Waals surface area contributed by atoms with Gasteiger partial charge in [-0.1, -0.05) is 6.07 Å². The van der Waals surface area contributed by atoms with Crippen molar-refractivity contribution in [1.82, 2.24) is 20.4 Å². The summed E-state index contributed by atoms with van der Waals surface area (Å²) in [6.07, 6.45) is 0. The highest BCUT2D eigenvalue weighted by atomic mass is 16.5. The third-order valence-corrected chi connectivity index (χ3v) is 4.08. The average molecular weight is 346 g/mol. The van der Waals surface area contributed by atoms with Crippen LogP contribution in [0.2, 0.25) is 0 Å². The van der Waals surface area contributed by atoms with Crippen molar-refractivity contribution in [3.63, 3.8) is 0 Å². The van der Waals surface area contributed by atoms with E-state index < -0.39 is 0 Å². The largest absolute Gasteiger partial charge is 0.491 e. The Balaban J connectivity index is 2.24. The number of likely N-dealkylation sites (N-methyl/N-ethyl adjacent to an activating group) is 2. The number of benzene rings is 1. The van der Waals surface area contributed by atoms with E-state index in [2.05, 4.69) is 53.4 Å². The Morgan fingerprint density at radius 3 is 2.72 bits per heavy atom. The molecule has 0 spiro atoms. The number of H-pyrrole nitrogens is 1. The number of nitrogens with zero attached hydrogens (tertiary/aromatic N) is 2. The Morgan fingerprint density at radius 1 is 1.20 bits per heavy atom. The number of aromatic nitrogens is 2. The first kappa shape index (κ1) is 19.4. The van der Waals surface area contributed by atoms with Crippen molar-refractivity contribution in [2.75, 3.05) is 47.5 Å². The number of nitrogens with one attached hydrogen (secondary N) is 2. The molecule has 0 saturated carbocycles. The SMILES string of the molecule is CNCCN(C)Cc1n[nH]c(C)c1-c1cc(C)cc(OCCOC)c1. The Kier molecular flexibility index (Phi) is 7.43. The van der Waals surface area contributed by atoms with E-state index in [0.29, 0.717) is 13.2 Å². The van der Waals surface area contributed by atoms with Gasteiger partial charge < -0.3 is 14.8 Å². The van der Waals surface area contributed by atoms with Crippen LogP contribution < -0.4 is 10.1 Å². The van der Waals surface area contributed by atoms with Crippen LogP contribution in [0.25, 0.3) is 11.1 Å². The van der Waals surface area contributed by atoms with Gasteiger partial charge in [0, 0.05) is 38.0 Å². The Labute approximate surface area is 150 Å². The Hall–Kier alpha value is -1.89. The number of methoxy groups -OCH3 is 1. The third-order valence-electron chi connectivity index (χ3n) is 4.08. The van der Waals surface area contributed by atoms with E-state index in [-0.39, 0.29) is 0 Å². The fourth-order valence-corrected chi connectivity index (χ4v) is 2.83. The number of hydrogen-bond donors (Lipinski definition) is 2. The second-order valence-electron chi connectivity index (χ2n) is 6.39. The fraction of sp³-hybridized carbons (Fsp3) is 0.526. The number of aromatic amines is 1. The van der Waals surface area contributed by atoms with Gasteiger partial charge >= 0.3 is 0 Å². The summed E-state index contributed by atoms with van der Waals surface area (Å²) in [5.41, 5.74) is 5.60. The highest BCUT2D eigenvalue weighted by molar-refractivity contribution is 5.70. The van der Waals surface area contributed by atoms with Crippen molar-refractivity contribution >= 4 is 0 Å². The summed E-state index contributed by atoms with van der Waals surface area (Å²) in [4.78, 5) is 2.27. The van der Waals surface area contributed by atoms with Gasteiger partial charge in [-0.25, -0.2) is 0 Å². The van der Waals surface area contributed by atoms with Crippen molar-refractivity contribution in [3.05, 3.63) is 35.2 Å². The summed E-state index contributed by atoms with van der Waals surface area (Å²) in [6, 6.07) is 6.31. The van der Waals surface area contributed by atoms with Gasteiger partial charge in [-0.05, 0) is 51.2 Å². The monoisotopic (exact) mass is 346 g/mol. The second-order valence-corrected chi connectivity index (χ2v) is 6.39. The molecule has 0 aliphatic heterocycles. The van der Waals surface area contributed by atoms with Crippen molar-refractivity contribution in [2.45, 2.75) is 20.4 Å².